The summed E-state index contributed by atoms with van der Waals surface area (Å²) >= 11 is 0. The summed E-state index contributed by atoms with van der Waals surface area (Å²) in [5, 5.41) is 3.39. The molecule has 0 radical (unpaired) electrons. The highest BCUT2D eigenvalue weighted by Gasteiger charge is 2.05. The molecule has 4 heteroatoms. The van der Waals surface area contributed by atoms with Crippen LogP contribution in [0.25, 0.3) is 0 Å². The van der Waals surface area contributed by atoms with Crippen LogP contribution in [0.5, 0.6) is 5.88 Å². The monoisotopic (exact) mass is 285 g/mol. The van der Waals surface area contributed by atoms with Gasteiger partial charge in [-0.2, -0.15) is 0 Å². The van der Waals surface area contributed by atoms with Gasteiger partial charge in [0.05, 0.1) is 6.61 Å². The Morgan fingerprint density at radius 3 is 2.76 bits per heavy atom. The number of hydrogen-bond donors (Lipinski definition) is 1. The van der Waals surface area contributed by atoms with E-state index >= 15 is 0 Å². The van der Waals surface area contributed by atoms with E-state index < -0.39 is 0 Å². The molecular weight excluding hydrogens is 262 g/mol. The van der Waals surface area contributed by atoms with E-state index in [1.807, 2.05) is 36.7 Å². The molecule has 0 bridgehead atoms. The number of hydrogen-bond acceptors (Lipinski definition) is 4. The number of ether oxygens (including phenoxy) is 1. The van der Waals surface area contributed by atoms with Crippen molar-refractivity contribution >= 4 is 0 Å². The SMILES string of the molecule is CCNC(C)c1ccnc(OCCCc2ccncc2)c1. The van der Waals surface area contributed by atoms with Crippen LogP contribution in [0.2, 0.25) is 0 Å². The molecule has 112 valence electrons. The minimum Gasteiger partial charge on any atom is -0.478 e. The first-order valence-electron chi connectivity index (χ1n) is 7.50. The van der Waals surface area contributed by atoms with Gasteiger partial charge in [0.2, 0.25) is 5.88 Å². The van der Waals surface area contributed by atoms with E-state index in [0.717, 1.165) is 19.4 Å². The van der Waals surface area contributed by atoms with Crippen LogP contribution in [-0.2, 0) is 6.42 Å². The number of rotatable bonds is 8. The minimum atomic E-state index is 0.317. The lowest BCUT2D eigenvalue weighted by Crippen LogP contribution is -2.17. The van der Waals surface area contributed by atoms with Crippen molar-refractivity contribution in [2.75, 3.05) is 13.2 Å². The summed E-state index contributed by atoms with van der Waals surface area (Å²) < 4.78 is 5.74. The van der Waals surface area contributed by atoms with E-state index in [1.165, 1.54) is 11.1 Å². The van der Waals surface area contributed by atoms with Gasteiger partial charge < -0.3 is 10.1 Å². The fourth-order valence-electron chi connectivity index (χ4n) is 2.20. The van der Waals surface area contributed by atoms with Crippen LogP contribution >= 0.6 is 0 Å². The summed E-state index contributed by atoms with van der Waals surface area (Å²) in [5.41, 5.74) is 2.49. The van der Waals surface area contributed by atoms with Gasteiger partial charge in [0.1, 0.15) is 0 Å². The van der Waals surface area contributed by atoms with E-state index in [4.69, 9.17) is 4.74 Å². The van der Waals surface area contributed by atoms with Crippen molar-refractivity contribution < 1.29 is 4.74 Å². The van der Waals surface area contributed by atoms with Crippen LogP contribution in [0.4, 0.5) is 0 Å². The van der Waals surface area contributed by atoms with Gasteiger partial charge in [-0.3, -0.25) is 4.98 Å². The molecule has 2 heterocycles. The zero-order chi connectivity index (χ0) is 14.9. The molecule has 4 nitrogen and oxygen atoms in total. The third-order valence-electron chi connectivity index (χ3n) is 3.38. The van der Waals surface area contributed by atoms with Crippen LogP contribution in [-0.4, -0.2) is 23.1 Å². The highest BCUT2D eigenvalue weighted by atomic mass is 16.5. The summed E-state index contributed by atoms with van der Waals surface area (Å²) in [4.78, 5) is 8.28. The van der Waals surface area contributed by atoms with E-state index in [9.17, 15) is 0 Å². The molecule has 1 N–H and O–H groups in total. The molecule has 2 aromatic heterocycles. The lowest BCUT2D eigenvalue weighted by atomic mass is 10.1. The van der Waals surface area contributed by atoms with Gasteiger partial charge in [0.15, 0.2) is 0 Å². The normalized spacial score (nSPS) is 12.1. The number of aryl methyl sites for hydroxylation is 1. The summed E-state index contributed by atoms with van der Waals surface area (Å²) in [7, 11) is 0. The Kier molecular flexibility index (Phi) is 6.16. The Hall–Kier alpha value is -1.94. The van der Waals surface area contributed by atoms with Crippen molar-refractivity contribution in [1.29, 1.82) is 0 Å². The average molecular weight is 285 g/mol. The number of nitrogens with zero attached hydrogens (tertiary/aromatic N) is 2. The van der Waals surface area contributed by atoms with Crippen molar-refractivity contribution in [3.05, 3.63) is 54.0 Å². The molecule has 0 saturated heterocycles. The van der Waals surface area contributed by atoms with E-state index in [1.54, 1.807) is 6.20 Å². The Bertz CT molecular complexity index is 531. The molecule has 0 spiro atoms. The lowest BCUT2D eigenvalue weighted by Gasteiger charge is -2.13. The van der Waals surface area contributed by atoms with Crippen LogP contribution in [0.15, 0.2) is 42.9 Å². The molecule has 1 atom stereocenters. The predicted molar refractivity (Wildman–Crippen MR) is 84.4 cm³/mol. The third kappa shape index (κ3) is 5.16. The number of pyridine rings is 2. The van der Waals surface area contributed by atoms with Gasteiger partial charge >= 0.3 is 0 Å². The second kappa shape index (κ2) is 8.37. The molecule has 2 aromatic rings. The van der Waals surface area contributed by atoms with Gasteiger partial charge in [-0.25, -0.2) is 4.98 Å². The molecule has 0 aromatic carbocycles. The summed E-state index contributed by atoms with van der Waals surface area (Å²) in [6, 6.07) is 8.43. The molecule has 0 fully saturated rings. The molecule has 1 unspecified atom stereocenters. The highest BCUT2D eigenvalue weighted by molar-refractivity contribution is 5.23. The summed E-state index contributed by atoms with van der Waals surface area (Å²) in [5.74, 6) is 0.701. The zero-order valence-corrected chi connectivity index (χ0v) is 12.7. The number of aromatic nitrogens is 2. The van der Waals surface area contributed by atoms with Crippen LogP contribution < -0.4 is 10.1 Å². The van der Waals surface area contributed by atoms with E-state index in [2.05, 4.69) is 29.1 Å². The second-order valence-electron chi connectivity index (χ2n) is 5.01. The topological polar surface area (TPSA) is 47.0 Å². The maximum atomic E-state index is 5.74. The Morgan fingerprint density at radius 2 is 2.00 bits per heavy atom. The van der Waals surface area contributed by atoms with Gasteiger partial charge in [-0.15, -0.1) is 0 Å². The van der Waals surface area contributed by atoms with Crippen LogP contribution in [0.3, 0.4) is 0 Å². The van der Waals surface area contributed by atoms with Crippen molar-refractivity contribution in [3.8, 4) is 5.88 Å². The molecule has 0 amide bonds. The largest absolute Gasteiger partial charge is 0.478 e. The molecular formula is C17H23N3O. The smallest absolute Gasteiger partial charge is 0.213 e. The highest BCUT2D eigenvalue weighted by Crippen LogP contribution is 2.16. The lowest BCUT2D eigenvalue weighted by molar-refractivity contribution is 0.298. The predicted octanol–water partition coefficient (Wildman–Crippen LogP) is 3.16. The first-order chi connectivity index (χ1) is 10.3. The number of nitrogens with one attached hydrogen (secondary N) is 1. The fraction of sp³-hybridized carbons (Fsp3) is 0.412. The summed E-state index contributed by atoms with van der Waals surface area (Å²) in [6.07, 6.45) is 7.42. The first kappa shape index (κ1) is 15.4. The van der Waals surface area contributed by atoms with Gasteiger partial charge in [-0.05, 0) is 55.6 Å². The molecule has 21 heavy (non-hydrogen) atoms. The third-order valence-corrected chi connectivity index (χ3v) is 3.38. The zero-order valence-electron chi connectivity index (χ0n) is 12.7. The Balaban J connectivity index is 1.79. The molecule has 0 aliphatic carbocycles. The van der Waals surface area contributed by atoms with E-state index in [0.29, 0.717) is 18.5 Å². The van der Waals surface area contributed by atoms with Gasteiger partial charge in [-0.1, -0.05) is 6.92 Å². The van der Waals surface area contributed by atoms with Crippen molar-refractivity contribution in [1.82, 2.24) is 15.3 Å². The van der Waals surface area contributed by atoms with Gasteiger partial charge in [0, 0.05) is 30.7 Å². The van der Waals surface area contributed by atoms with Crippen LogP contribution in [0, 0.1) is 0 Å². The molecule has 0 aliphatic rings. The van der Waals surface area contributed by atoms with Crippen molar-refractivity contribution in [2.24, 2.45) is 0 Å². The molecule has 0 saturated carbocycles. The summed E-state index contributed by atoms with van der Waals surface area (Å²) in [6.45, 7) is 5.88. The average Bonchev–Trinajstić information content (AvgIpc) is 2.53. The fourth-order valence-corrected chi connectivity index (χ4v) is 2.20. The molecule has 0 aliphatic heterocycles. The maximum Gasteiger partial charge on any atom is 0.213 e. The second-order valence-corrected chi connectivity index (χ2v) is 5.01. The minimum absolute atomic E-state index is 0.317. The Morgan fingerprint density at radius 1 is 1.19 bits per heavy atom. The quantitative estimate of drug-likeness (QED) is 0.757. The maximum absolute atomic E-state index is 5.74. The Labute approximate surface area is 126 Å². The van der Waals surface area contributed by atoms with E-state index in [-0.39, 0.29) is 0 Å². The van der Waals surface area contributed by atoms with Crippen LogP contribution in [0.1, 0.15) is 37.4 Å². The first-order valence-corrected chi connectivity index (χ1v) is 7.50. The van der Waals surface area contributed by atoms with Crippen molar-refractivity contribution in [3.63, 3.8) is 0 Å². The van der Waals surface area contributed by atoms with Crippen molar-refractivity contribution in [2.45, 2.75) is 32.7 Å². The molecule has 2 rings (SSSR count). The standard InChI is InChI=1S/C17H23N3O/c1-3-19-14(2)16-8-11-20-17(13-16)21-12-4-5-15-6-9-18-10-7-15/h6-11,13-14,19H,3-5,12H2,1-2H3. The van der Waals surface area contributed by atoms with Gasteiger partial charge in [0.25, 0.3) is 0 Å².